The van der Waals surface area contributed by atoms with Crippen molar-refractivity contribution in [2.24, 2.45) is 0 Å². The first kappa shape index (κ1) is 19.8. The van der Waals surface area contributed by atoms with Gasteiger partial charge >= 0.3 is 0 Å². The molecule has 2 saturated heterocycles. The van der Waals surface area contributed by atoms with E-state index in [0.29, 0.717) is 54.1 Å². The summed E-state index contributed by atoms with van der Waals surface area (Å²) < 4.78 is 28.0. The van der Waals surface area contributed by atoms with Gasteiger partial charge in [-0.2, -0.15) is 0 Å². The van der Waals surface area contributed by atoms with Crippen molar-refractivity contribution in [3.8, 4) is 5.75 Å². The van der Waals surface area contributed by atoms with Crippen molar-refractivity contribution in [1.29, 1.82) is 0 Å². The monoisotopic (exact) mass is 463 g/mol. The summed E-state index contributed by atoms with van der Waals surface area (Å²) in [6.45, 7) is 3.98. The summed E-state index contributed by atoms with van der Waals surface area (Å²) >= 11 is 0. The smallest absolute Gasteiger partial charge is 0.255 e. The molecule has 5 rings (SSSR count). The molecule has 8 heteroatoms. The molecule has 0 aliphatic carbocycles. The summed E-state index contributed by atoms with van der Waals surface area (Å²) in [5.41, 5.74) is 3.06. The van der Waals surface area contributed by atoms with E-state index in [2.05, 4.69) is 11.9 Å². The predicted molar refractivity (Wildman–Crippen MR) is 124 cm³/mol. The van der Waals surface area contributed by atoms with Crippen molar-refractivity contribution >= 4 is 17.7 Å². The Morgan fingerprint density at radius 3 is 2.85 bits per heavy atom. The number of morpholine rings is 1. The number of fused-ring (bicyclic) bond motifs is 1. The summed E-state index contributed by atoms with van der Waals surface area (Å²) in [6.07, 6.45) is 1.16. The highest BCUT2D eigenvalue weighted by Gasteiger charge is 2.39. The molecule has 0 radical (unpaired) electrons. The number of hydrogen-bond donors (Lipinski definition) is 1. The molecule has 0 spiro atoms. The van der Waals surface area contributed by atoms with Crippen molar-refractivity contribution in [1.82, 2.24) is 15.1 Å². The van der Waals surface area contributed by atoms with E-state index >= 15 is 0 Å². The fraction of sp³-hybridized carbons (Fsp3) is 0.346. The van der Waals surface area contributed by atoms with Crippen molar-refractivity contribution in [2.75, 3.05) is 19.8 Å². The number of nitrogens with one attached hydrogen (secondary N) is 1. The van der Waals surface area contributed by atoms with Crippen LogP contribution in [0.1, 0.15) is 42.6 Å². The minimum atomic E-state index is -0.899. The highest BCUT2D eigenvalue weighted by atomic mass is 16.5. The number of allylic oxidation sites excluding steroid dienone is 1. The van der Waals surface area contributed by atoms with Gasteiger partial charge in [0, 0.05) is 29.9 Å². The number of piperidine rings is 1. The Labute approximate surface area is 200 Å². The Hall–Kier alpha value is -3.65. The zero-order valence-electron chi connectivity index (χ0n) is 20.7. The fourth-order valence-electron chi connectivity index (χ4n) is 4.41. The Kier molecular flexibility index (Phi) is 5.42. The Balaban J connectivity index is 1.28. The van der Waals surface area contributed by atoms with Gasteiger partial charge in [0.1, 0.15) is 25.0 Å². The molecule has 3 heterocycles. The maximum absolute atomic E-state index is 13.0. The quantitative estimate of drug-likeness (QED) is 0.711. The van der Waals surface area contributed by atoms with E-state index < -0.39 is 12.6 Å². The van der Waals surface area contributed by atoms with E-state index in [4.69, 9.17) is 12.2 Å². The molecule has 3 amide bonds. The molecule has 2 aromatic carbocycles. The number of carbonyl (C=O) groups is 3. The molecule has 34 heavy (non-hydrogen) atoms. The van der Waals surface area contributed by atoms with Crippen LogP contribution in [0.4, 0.5) is 0 Å². The molecule has 0 saturated carbocycles. The van der Waals surface area contributed by atoms with Crippen LogP contribution in [0.3, 0.4) is 0 Å². The number of amides is 3. The first-order valence-corrected chi connectivity index (χ1v) is 11.3. The van der Waals surface area contributed by atoms with Gasteiger partial charge in [0.25, 0.3) is 5.91 Å². The summed E-state index contributed by atoms with van der Waals surface area (Å²) in [5, 5.41) is 2.74. The highest BCUT2D eigenvalue weighted by molar-refractivity contribution is 6.02. The minimum Gasteiger partial charge on any atom is -0.489 e. The summed E-state index contributed by atoms with van der Waals surface area (Å²) in [5.74, 6) is -0.129. The Morgan fingerprint density at radius 1 is 1.21 bits per heavy atom. The van der Waals surface area contributed by atoms with Gasteiger partial charge in [-0.15, -0.1) is 0 Å². The fourth-order valence-corrected chi connectivity index (χ4v) is 4.41. The van der Waals surface area contributed by atoms with Crippen LogP contribution in [0.25, 0.3) is 0 Å². The average molecular weight is 464 g/mol. The molecule has 0 bridgehead atoms. The average Bonchev–Trinajstić information content (AvgIpc) is 3.20. The van der Waals surface area contributed by atoms with E-state index in [1.165, 1.54) is 4.90 Å². The Bertz CT molecular complexity index is 1250. The van der Waals surface area contributed by atoms with E-state index in [1.807, 2.05) is 0 Å². The third-order valence-corrected chi connectivity index (χ3v) is 6.26. The Morgan fingerprint density at radius 2 is 2.06 bits per heavy atom. The van der Waals surface area contributed by atoms with Gasteiger partial charge in [-0.1, -0.05) is 36.9 Å². The van der Waals surface area contributed by atoms with Gasteiger partial charge in [0.2, 0.25) is 11.8 Å². The number of hydrogen-bond acceptors (Lipinski definition) is 5. The second-order valence-corrected chi connectivity index (χ2v) is 8.57. The number of ether oxygens (including phenoxy) is 2. The lowest BCUT2D eigenvalue weighted by Gasteiger charge is -2.31. The van der Waals surface area contributed by atoms with Gasteiger partial charge in [0.05, 0.1) is 15.9 Å². The van der Waals surface area contributed by atoms with Crippen LogP contribution >= 0.6 is 0 Å². The van der Waals surface area contributed by atoms with Crippen LogP contribution in [0, 0.1) is 0 Å². The number of benzene rings is 2. The summed E-state index contributed by atoms with van der Waals surface area (Å²) in [6, 6.07) is 9.94. The number of carbonyl (C=O) groups excluding carboxylic acids is 3. The molecule has 8 nitrogen and oxygen atoms in total. The van der Waals surface area contributed by atoms with Crippen molar-refractivity contribution in [2.45, 2.75) is 38.6 Å². The van der Waals surface area contributed by atoms with E-state index in [1.54, 1.807) is 41.3 Å². The molecule has 176 valence electrons. The highest BCUT2D eigenvalue weighted by Crippen LogP contribution is 2.34. The van der Waals surface area contributed by atoms with Crippen LogP contribution in [-0.4, -0.2) is 53.3 Å². The lowest BCUT2D eigenvalue weighted by molar-refractivity contribution is -0.143. The normalized spacial score (nSPS) is 22.2. The molecular weight excluding hydrogens is 434 g/mol. The van der Waals surface area contributed by atoms with Crippen LogP contribution in [0.15, 0.2) is 54.7 Å². The summed E-state index contributed by atoms with van der Waals surface area (Å²) in [7, 11) is 0. The number of nitrogens with zero attached hydrogens (tertiary/aromatic N) is 2. The van der Waals surface area contributed by atoms with Crippen LogP contribution in [-0.2, 0) is 34.0 Å². The van der Waals surface area contributed by atoms with Crippen molar-refractivity contribution < 1.29 is 26.6 Å². The van der Waals surface area contributed by atoms with Crippen molar-refractivity contribution in [3.05, 3.63) is 77.0 Å². The van der Waals surface area contributed by atoms with E-state index in [-0.39, 0.29) is 43.5 Å². The topological polar surface area (TPSA) is 88.2 Å². The number of rotatable bonds is 6. The van der Waals surface area contributed by atoms with Crippen LogP contribution in [0.2, 0.25) is 0 Å². The third-order valence-electron chi connectivity index (χ3n) is 6.26. The van der Waals surface area contributed by atoms with Crippen LogP contribution in [0.5, 0.6) is 5.75 Å². The van der Waals surface area contributed by atoms with E-state index in [0.717, 1.165) is 5.56 Å². The second kappa shape index (κ2) is 9.30. The molecular formula is C26H27N3O5. The van der Waals surface area contributed by atoms with Gasteiger partial charge in [-0.3, -0.25) is 14.4 Å². The lowest BCUT2D eigenvalue weighted by atomic mass is 10.0. The zero-order valence-corrected chi connectivity index (χ0v) is 18.7. The van der Waals surface area contributed by atoms with Gasteiger partial charge in [-0.05, 0) is 36.1 Å². The predicted octanol–water partition coefficient (Wildman–Crippen LogP) is 2.37. The maximum atomic E-state index is 13.0. The third kappa shape index (κ3) is 4.41. The molecule has 2 aromatic rings. The molecule has 1 N–H and O–H groups in total. The first-order chi connectivity index (χ1) is 17.3. The van der Waals surface area contributed by atoms with Gasteiger partial charge in [-0.25, -0.2) is 0 Å². The molecule has 3 aliphatic rings. The minimum absolute atomic E-state index is 0.0307. The van der Waals surface area contributed by atoms with Crippen molar-refractivity contribution in [3.63, 3.8) is 0 Å². The van der Waals surface area contributed by atoms with Gasteiger partial charge < -0.3 is 24.6 Å². The van der Waals surface area contributed by atoms with Crippen LogP contribution < -0.4 is 10.1 Å². The molecule has 3 aliphatic heterocycles. The molecule has 2 unspecified atom stereocenters. The SMILES string of the molecule is [2H]c1cc(C([2H])N2CCOCC2=O)ccc1COc1cccc2c1CN(C1CCC(=C)NC1=O)C2=O. The van der Waals surface area contributed by atoms with Gasteiger partial charge in [0.15, 0.2) is 0 Å². The standard InChI is InChI=1S/C26H27N3O5/c1-17-5-10-22(25(31)27-17)29-14-21-20(26(29)32)3-2-4-23(21)34-15-19-8-6-18(7-9-19)13-28-11-12-33-16-24(28)30/h2-4,6-9,22H,1,5,10-16H2,(H,27,31)/i8D,13D. The maximum Gasteiger partial charge on any atom is 0.255 e. The lowest BCUT2D eigenvalue weighted by Crippen LogP contribution is -2.49. The molecule has 0 aromatic heterocycles. The second-order valence-electron chi connectivity index (χ2n) is 8.57. The molecule has 2 fully saturated rings. The summed E-state index contributed by atoms with van der Waals surface area (Å²) in [4.78, 5) is 40.6. The van der Waals surface area contributed by atoms with E-state index in [9.17, 15) is 14.4 Å². The largest absolute Gasteiger partial charge is 0.489 e. The zero-order chi connectivity index (χ0) is 25.4. The molecule has 2 atom stereocenters. The first-order valence-electron chi connectivity index (χ1n) is 12.3.